The number of halogens is 1. The number of likely N-dealkylation sites (N-methyl/N-ethyl adjacent to an activating group) is 1. The summed E-state index contributed by atoms with van der Waals surface area (Å²) in [6, 6.07) is 18.5. The molecule has 5 rings (SSSR count). The van der Waals surface area contributed by atoms with Gasteiger partial charge in [-0.3, -0.25) is 4.79 Å². The van der Waals surface area contributed by atoms with Crippen molar-refractivity contribution >= 4 is 35.2 Å². The van der Waals surface area contributed by atoms with Crippen molar-refractivity contribution in [3.05, 3.63) is 81.9 Å². The van der Waals surface area contributed by atoms with E-state index in [0.29, 0.717) is 17.6 Å². The lowest BCUT2D eigenvalue weighted by molar-refractivity contribution is -0.131. The monoisotopic (exact) mass is 514 g/mol. The summed E-state index contributed by atoms with van der Waals surface area (Å²) in [5.41, 5.74) is 8.46. The molecule has 1 unspecified atom stereocenters. The van der Waals surface area contributed by atoms with Crippen LogP contribution in [0, 0.1) is 13.8 Å². The van der Waals surface area contributed by atoms with Crippen LogP contribution >= 0.6 is 11.6 Å². The molecule has 0 bridgehead atoms. The number of nitrogens with zero attached hydrogens (tertiary/aromatic N) is 3. The highest BCUT2D eigenvalue weighted by Crippen LogP contribution is 2.42. The third-order valence-corrected chi connectivity index (χ3v) is 7.77. The average molecular weight is 515 g/mol. The molecule has 192 valence electrons. The molecule has 0 radical (unpaired) electrons. The van der Waals surface area contributed by atoms with Crippen molar-refractivity contribution in [3.63, 3.8) is 0 Å². The van der Waals surface area contributed by atoms with E-state index in [-0.39, 0.29) is 5.91 Å². The molecule has 0 aliphatic carbocycles. The van der Waals surface area contributed by atoms with Gasteiger partial charge in [-0.25, -0.2) is 4.99 Å². The Morgan fingerprint density at radius 1 is 1.14 bits per heavy atom. The van der Waals surface area contributed by atoms with E-state index in [1.807, 2.05) is 35.9 Å². The number of hydrogen-bond acceptors (Lipinski definition) is 4. The summed E-state index contributed by atoms with van der Waals surface area (Å²) in [4.78, 5) is 22.9. The topological polar surface area (TPSA) is 47.9 Å². The molecule has 1 N–H and O–H groups in total. The number of carbonyl (C=O) groups excluding carboxylic acids is 1. The van der Waals surface area contributed by atoms with Crippen molar-refractivity contribution in [2.24, 2.45) is 4.99 Å². The highest BCUT2D eigenvalue weighted by atomic mass is 35.5. The van der Waals surface area contributed by atoms with Gasteiger partial charge in [-0.15, -0.1) is 0 Å². The van der Waals surface area contributed by atoms with Gasteiger partial charge in [0.25, 0.3) is 0 Å². The van der Waals surface area contributed by atoms with Gasteiger partial charge in [0, 0.05) is 35.9 Å². The van der Waals surface area contributed by atoms with Crippen molar-refractivity contribution in [2.75, 3.05) is 25.0 Å². The Morgan fingerprint density at radius 2 is 1.95 bits per heavy atom. The molecule has 1 amide bonds. The minimum Gasteiger partial charge on any atom is -0.342 e. The van der Waals surface area contributed by atoms with Crippen LogP contribution in [0.2, 0.25) is 5.02 Å². The fourth-order valence-electron chi connectivity index (χ4n) is 5.64. The number of hydrogen-bond donors (Lipinski definition) is 1. The highest BCUT2D eigenvalue weighted by Gasteiger charge is 2.36. The standard InChI is InChI=1S/C31H35ClN4O/c1-5-22-9-6-7-11-26(22)27-17-28-29(15-21(27)3)34-19-36(25-14-20(2)13-23(32)16-25)30(28)31(37)35(4)18-24-10-8-12-33-24/h6-7,9,11,13-17,19,24,30,33H,5,8,10,12,18H2,1-4H3/t24-,30?/m0/s1. The van der Waals surface area contributed by atoms with Gasteiger partial charge in [-0.1, -0.05) is 42.8 Å². The SMILES string of the molecule is CCc1ccccc1-c1cc2c(cc1C)N=CN(c1cc(C)cc(Cl)c1)C2C(=O)N(C)C[C@@H]1CCCN1. The summed E-state index contributed by atoms with van der Waals surface area (Å²) in [6.45, 7) is 8.01. The minimum absolute atomic E-state index is 0.0531. The average Bonchev–Trinajstić information content (AvgIpc) is 3.39. The molecule has 3 aromatic carbocycles. The molecule has 2 heterocycles. The first-order valence-electron chi connectivity index (χ1n) is 13.2. The van der Waals surface area contributed by atoms with E-state index < -0.39 is 6.04 Å². The number of fused-ring (bicyclic) bond motifs is 1. The third kappa shape index (κ3) is 5.16. The highest BCUT2D eigenvalue weighted by molar-refractivity contribution is 6.31. The summed E-state index contributed by atoms with van der Waals surface area (Å²) >= 11 is 6.46. The number of amides is 1. The Balaban J connectivity index is 1.63. The van der Waals surface area contributed by atoms with E-state index in [1.165, 1.54) is 11.1 Å². The smallest absolute Gasteiger partial charge is 0.250 e. The van der Waals surface area contributed by atoms with Gasteiger partial charge < -0.3 is 15.1 Å². The number of aryl methyl sites for hydroxylation is 3. The Hall–Kier alpha value is -3.15. The molecule has 2 aliphatic rings. The molecule has 1 fully saturated rings. The van der Waals surface area contributed by atoms with Gasteiger partial charge in [0.1, 0.15) is 6.04 Å². The van der Waals surface area contributed by atoms with Gasteiger partial charge in [0.2, 0.25) is 5.91 Å². The van der Waals surface area contributed by atoms with E-state index in [0.717, 1.165) is 59.4 Å². The van der Waals surface area contributed by atoms with Crippen LogP contribution < -0.4 is 10.2 Å². The van der Waals surface area contributed by atoms with Gasteiger partial charge in [-0.05, 0) is 97.8 Å². The van der Waals surface area contributed by atoms with Crippen molar-refractivity contribution in [1.29, 1.82) is 0 Å². The number of benzene rings is 3. The van der Waals surface area contributed by atoms with Gasteiger partial charge in [0.05, 0.1) is 12.0 Å². The van der Waals surface area contributed by atoms with Crippen molar-refractivity contribution < 1.29 is 4.79 Å². The van der Waals surface area contributed by atoms with E-state index in [9.17, 15) is 4.79 Å². The zero-order valence-corrected chi connectivity index (χ0v) is 22.8. The lowest BCUT2D eigenvalue weighted by atomic mass is 9.89. The van der Waals surface area contributed by atoms with Crippen LogP contribution in [-0.2, 0) is 11.2 Å². The summed E-state index contributed by atoms with van der Waals surface area (Å²) in [5.74, 6) is 0.0531. The second kappa shape index (κ2) is 10.7. The second-order valence-corrected chi connectivity index (χ2v) is 10.7. The van der Waals surface area contributed by atoms with Crippen LogP contribution in [-0.4, -0.2) is 43.3 Å². The first-order chi connectivity index (χ1) is 17.9. The summed E-state index contributed by atoms with van der Waals surface area (Å²) in [7, 11) is 1.91. The molecule has 3 aromatic rings. The van der Waals surface area contributed by atoms with E-state index >= 15 is 0 Å². The van der Waals surface area contributed by atoms with E-state index in [4.69, 9.17) is 16.6 Å². The fraction of sp³-hybridized carbons (Fsp3) is 0.355. The maximum atomic E-state index is 14.2. The zero-order chi connectivity index (χ0) is 26.1. The molecule has 0 aromatic heterocycles. The number of anilines is 1. The van der Waals surface area contributed by atoms with Crippen LogP contribution in [0.3, 0.4) is 0 Å². The van der Waals surface area contributed by atoms with Crippen LogP contribution in [0.15, 0.2) is 59.6 Å². The largest absolute Gasteiger partial charge is 0.342 e. The van der Waals surface area contributed by atoms with Gasteiger partial charge >= 0.3 is 0 Å². The predicted molar refractivity (Wildman–Crippen MR) is 154 cm³/mol. The quantitative estimate of drug-likeness (QED) is 0.402. The molecule has 5 nitrogen and oxygen atoms in total. The number of nitrogens with one attached hydrogen (secondary N) is 1. The summed E-state index contributed by atoms with van der Waals surface area (Å²) < 4.78 is 0. The Morgan fingerprint density at radius 3 is 2.68 bits per heavy atom. The predicted octanol–water partition coefficient (Wildman–Crippen LogP) is 6.62. The lowest BCUT2D eigenvalue weighted by Gasteiger charge is -2.36. The van der Waals surface area contributed by atoms with Gasteiger partial charge in [0.15, 0.2) is 0 Å². The molecule has 2 aliphatic heterocycles. The van der Waals surface area contributed by atoms with Crippen LogP contribution in [0.4, 0.5) is 11.4 Å². The van der Waals surface area contributed by atoms with Crippen molar-refractivity contribution in [2.45, 2.75) is 52.1 Å². The van der Waals surface area contributed by atoms with E-state index in [1.54, 1.807) is 6.34 Å². The van der Waals surface area contributed by atoms with Crippen molar-refractivity contribution in [1.82, 2.24) is 10.2 Å². The van der Waals surface area contributed by atoms with Crippen LogP contribution in [0.25, 0.3) is 11.1 Å². The normalized spacial score (nSPS) is 18.7. The molecule has 0 spiro atoms. The number of rotatable bonds is 6. The molecular weight excluding hydrogens is 480 g/mol. The Labute approximate surface area is 225 Å². The first-order valence-corrected chi connectivity index (χ1v) is 13.5. The molecule has 0 saturated carbocycles. The number of aliphatic imine (C=N–C) groups is 1. The second-order valence-electron chi connectivity index (χ2n) is 10.3. The molecule has 37 heavy (non-hydrogen) atoms. The minimum atomic E-state index is -0.537. The van der Waals surface area contributed by atoms with E-state index in [2.05, 4.69) is 61.6 Å². The zero-order valence-electron chi connectivity index (χ0n) is 22.1. The Bertz CT molecular complexity index is 1320. The molecule has 2 atom stereocenters. The van der Waals surface area contributed by atoms with Gasteiger partial charge in [-0.2, -0.15) is 0 Å². The maximum absolute atomic E-state index is 14.2. The van der Waals surface area contributed by atoms with Crippen LogP contribution in [0.1, 0.15) is 48.1 Å². The molecule has 1 saturated heterocycles. The third-order valence-electron chi connectivity index (χ3n) is 7.55. The number of carbonyl (C=O) groups is 1. The molecular formula is C31H35ClN4O. The summed E-state index contributed by atoms with van der Waals surface area (Å²) in [6.07, 6.45) is 4.97. The lowest BCUT2D eigenvalue weighted by Crippen LogP contribution is -2.46. The molecule has 6 heteroatoms. The maximum Gasteiger partial charge on any atom is 0.250 e. The Kier molecular flexibility index (Phi) is 7.36. The fourth-order valence-corrected chi connectivity index (χ4v) is 5.92. The van der Waals surface area contributed by atoms with Crippen LogP contribution in [0.5, 0.6) is 0 Å². The first kappa shape index (κ1) is 25.5. The summed E-state index contributed by atoms with van der Waals surface area (Å²) in [5, 5.41) is 4.17. The van der Waals surface area contributed by atoms with Crippen molar-refractivity contribution in [3.8, 4) is 11.1 Å².